The Morgan fingerprint density at radius 1 is 0.878 bits per heavy atom. The van der Waals surface area contributed by atoms with Gasteiger partial charge in [-0.05, 0) is 0 Å². The van der Waals surface area contributed by atoms with Crippen LogP contribution in [0.25, 0.3) is 0 Å². The van der Waals surface area contributed by atoms with Gasteiger partial charge in [-0.3, -0.25) is 0 Å². The number of unbranched alkanes of at least 4 members (excludes halogenated alkanes) is 3. The first-order valence-electron chi connectivity index (χ1n) is 15.1. The monoisotopic (exact) mass is 680 g/mol. The zero-order valence-corrected chi connectivity index (χ0v) is 29.0. The van der Waals surface area contributed by atoms with E-state index in [1.807, 2.05) is 30.3 Å². The molecule has 0 aliphatic carbocycles. The number of ether oxygens (including phenoxy) is 4. The van der Waals surface area contributed by atoms with E-state index in [1.165, 1.54) is 27.5 Å². The number of carbonyl (C=O) groups is 3. The van der Waals surface area contributed by atoms with Crippen molar-refractivity contribution in [2.24, 2.45) is 5.41 Å². The minimum atomic E-state index is -3.01. The first-order chi connectivity index (χ1) is 19.7. The Balaban J connectivity index is 3.52. The van der Waals surface area contributed by atoms with E-state index in [0.29, 0.717) is 0 Å². The van der Waals surface area contributed by atoms with E-state index in [0.717, 1.165) is 47.7 Å². The predicted octanol–water partition coefficient (Wildman–Crippen LogP) is 8.51. The third-order valence-electron chi connectivity index (χ3n) is 7.83. The van der Waals surface area contributed by atoms with Crippen molar-refractivity contribution in [2.45, 2.75) is 98.5 Å². The Labute approximate surface area is 251 Å². The minimum absolute atomic E-state index is 0.0260. The van der Waals surface area contributed by atoms with E-state index in [-0.39, 0.29) is 19.4 Å². The van der Waals surface area contributed by atoms with Crippen molar-refractivity contribution >= 4 is 36.5 Å². The molecule has 0 heterocycles. The van der Waals surface area contributed by atoms with Gasteiger partial charge in [0.25, 0.3) is 0 Å². The van der Waals surface area contributed by atoms with Crippen LogP contribution in [0.15, 0.2) is 52.7 Å². The summed E-state index contributed by atoms with van der Waals surface area (Å²) in [6.07, 6.45) is 8.78. The second-order valence-electron chi connectivity index (χ2n) is 10.7. The molecule has 0 amide bonds. The fourth-order valence-corrected chi connectivity index (χ4v) is 21.3. The third kappa shape index (κ3) is 11.1. The van der Waals surface area contributed by atoms with Gasteiger partial charge in [0.1, 0.15) is 0 Å². The Morgan fingerprint density at radius 3 is 1.83 bits per heavy atom. The van der Waals surface area contributed by atoms with E-state index in [9.17, 15) is 14.4 Å². The van der Waals surface area contributed by atoms with Crippen LogP contribution in [0.5, 0.6) is 0 Å². The average molecular weight is 679 g/mol. The zero-order chi connectivity index (χ0) is 30.7. The van der Waals surface area contributed by atoms with Gasteiger partial charge in [-0.15, -0.1) is 0 Å². The molecule has 1 rings (SSSR count). The van der Waals surface area contributed by atoms with Crippen LogP contribution in [0.4, 0.5) is 4.79 Å². The molecule has 0 N–H and O–H groups in total. The number of hydrogen-bond donors (Lipinski definition) is 0. The van der Waals surface area contributed by atoms with Crippen molar-refractivity contribution in [3.8, 4) is 0 Å². The van der Waals surface area contributed by atoms with Crippen molar-refractivity contribution in [3.05, 3.63) is 58.2 Å². The molecule has 7 nitrogen and oxygen atoms in total. The molecule has 0 saturated carbocycles. The van der Waals surface area contributed by atoms with Crippen LogP contribution in [0.1, 0.15) is 90.7 Å². The Kier molecular flexibility index (Phi) is 17.7. The van der Waals surface area contributed by atoms with Crippen molar-refractivity contribution in [2.75, 3.05) is 20.8 Å². The first kappa shape index (κ1) is 36.7. The summed E-state index contributed by atoms with van der Waals surface area (Å²) in [6.45, 7) is 13.1. The summed E-state index contributed by atoms with van der Waals surface area (Å²) in [5.41, 5.74) is -0.841. The second-order valence-corrected chi connectivity index (χ2v) is 24.3. The maximum absolute atomic E-state index is 13.5. The number of carbonyl (C=O) groups excluding carboxylic acids is 3. The summed E-state index contributed by atoms with van der Waals surface area (Å²) in [5, 5.41) is 0. The van der Waals surface area contributed by atoms with E-state index in [1.54, 1.807) is 19.1 Å². The number of rotatable bonds is 20. The Bertz CT molecular complexity index is 935. The van der Waals surface area contributed by atoms with Crippen LogP contribution in [-0.4, -0.2) is 57.3 Å². The standard InChI is InChI=1S/C21H25O7.3C4H9.Sn/c1-5-14-21(18(22)25-3,19(23)26-4)15-10-13-17(28-20(24)27-6-2)16-11-8-7-9-12-16;3*1-3-4-2;/h7-13,17H,1,6,14-15H2,2-4H3;3*1,3-4H2,2H3;/b13-10+;;;;. The molecular weight excluding hydrogens is 627 g/mol. The molecule has 0 aliphatic rings. The Hall–Kier alpha value is -2.29. The number of hydrogen-bond acceptors (Lipinski definition) is 7. The van der Waals surface area contributed by atoms with E-state index >= 15 is 0 Å². The molecule has 1 aromatic carbocycles. The maximum atomic E-state index is 13.5. The molecule has 0 fully saturated rings. The molecule has 1 atom stereocenters. The van der Waals surface area contributed by atoms with E-state index in [2.05, 4.69) is 27.4 Å². The molecule has 230 valence electrons. The van der Waals surface area contributed by atoms with Crippen molar-refractivity contribution in [1.82, 2.24) is 0 Å². The number of methoxy groups -OCH3 is 2. The zero-order valence-electron chi connectivity index (χ0n) is 26.2. The molecule has 41 heavy (non-hydrogen) atoms. The SMILES string of the molecule is C=[C](CC(C/C=C/C(OC(=O)OCC)c1ccccc1)(C(=O)OC)C(=O)OC)[Sn]([CH2]CCC)([CH2]CCC)[CH2]CCC. The van der Waals surface area contributed by atoms with Gasteiger partial charge in [-0.2, -0.15) is 0 Å². The van der Waals surface area contributed by atoms with Gasteiger partial charge >= 0.3 is 253 Å². The molecule has 0 radical (unpaired) electrons. The van der Waals surface area contributed by atoms with Crippen LogP contribution in [0.2, 0.25) is 13.3 Å². The van der Waals surface area contributed by atoms with Gasteiger partial charge < -0.3 is 0 Å². The number of esters is 2. The summed E-state index contributed by atoms with van der Waals surface area (Å²) in [6, 6.07) is 9.23. The van der Waals surface area contributed by atoms with Crippen LogP contribution in [0.3, 0.4) is 0 Å². The molecule has 0 aromatic heterocycles. The van der Waals surface area contributed by atoms with Gasteiger partial charge in [-0.1, -0.05) is 0 Å². The third-order valence-corrected chi connectivity index (χ3v) is 23.8. The van der Waals surface area contributed by atoms with Crippen molar-refractivity contribution < 1.29 is 33.3 Å². The molecule has 0 bridgehead atoms. The molecule has 0 saturated heterocycles. The van der Waals surface area contributed by atoms with Gasteiger partial charge in [0.2, 0.25) is 0 Å². The number of allylic oxidation sites excluding steroid dienone is 2. The van der Waals surface area contributed by atoms with E-state index < -0.39 is 48.0 Å². The van der Waals surface area contributed by atoms with E-state index in [4.69, 9.17) is 18.9 Å². The summed E-state index contributed by atoms with van der Waals surface area (Å²) < 4.78 is 25.6. The van der Waals surface area contributed by atoms with Crippen molar-refractivity contribution in [3.63, 3.8) is 0 Å². The fraction of sp³-hybridized carbons (Fsp3) is 0.606. The molecule has 1 aromatic rings. The molecule has 8 heteroatoms. The Morgan fingerprint density at radius 2 is 1.39 bits per heavy atom. The number of benzene rings is 1. The fourth-order valence-electron chi connectivity index (χ4n) is 5.37. The van der Waals surface area contributed by atoms with Crippen LogP contribution < -0.4 is 0 Å². The molecular formula is C33H52O7Sn. The topological polar surface area (TPSA) is 88.1 Å². The van der Waals surface area contributed by atoms with Gasteiger partial charge in [0, 0.05) is 0 Å². The summed E-state index contributed by atoms with van der Waals surface area (Å²) in [4.78, 5) is 39.1. The van der Waals surface area contributed by atoms with Crippen LogP contribution in [-0.2, 0) is 28.5 Å². The summed E-state index contributed by atoms with van der Waals surface area (Å²) >= 11 is -3.01. The average Bonchev–Trinajstić information content (AvgIpc) is 2.99. The van der Waals surface area contributed by atoms with Crippen LogP contribution in [0, 0.1) is 5.41 Å². The molecule has 1 unspecified atom stereocenters. The second kappa shape index (κ2) is 19.8. The van der Waals surface area contributed by atoms with Gasteiger partial charge in [-0.25, -0.2) is 0 Å². The summed E-state index contributed by atoms with van der Waals surface area (Å²) in [5.74, 6) is -1.28. The molecule has 0 aliphatic heterocycles. The molecule has 0 spiro atoms. The first-order valence-corrected chi connectivity index (χ1v) is 22.6. The van der Waals surface area contributed by atoms with Crippen LogP contribution >= 0.6 is 0 Å². The van der Waals surface area contributed by atoms with Gasteiger partial charge in [0.05, 0.1) is 0 Å². The van der Waals surface area contributed by atoms with Crippen molar-refractivity contribution in [1.29, 1.82) is 0 Å². The quantitative estimate of drug-likeness (QED) is 0.0449. The summed E-state index contributed by atoms with van der Waals surface area (Å²) in [7, 11) is 2.59. The normalized spacial score (nSPS) is 12.5. The van der Waals surface area contributed by atoms with Gasteiger partial charge in [0.15, 0.2) is 0 Å². The predicted molar refractivity (Wildman–Crippen MR) is 166 cm³/mol.